The van der Waals surface area contributed by atoms with E-state index in [9.17, 15) is 39.6 Å². The van der Waals surface area contributed by atoms with Crippen molar-refractivity contribution >= 4 is 33.7 Å². The third-order valence-electron chi connectivity index (χ3n) is 13.3. The van der Waals surface area contributed by atoms with Crippen LogP contribution in [0.2, 0.25) is 0 Å². The number of ether oxygens (including phenoxy) is 2. The summed E-state index contributed by atoms with van der Waals surface area (Å²) in [5, 5.41) is 52.2. The van der Waals surface area contributed by atoms with Crippen LogP contribution >= 0.6 is 0 Å². The molecule has 0 saturated heterocycles. The first kappa shape index (κ1) is 46.5. The number of esters is 2. The van der Waals surface area contributed by atoms with Crippen LogP contribution in [0.3, 0.4) is 0 Å². The Morgan fingerprint density at radius 2 is 0.879 bits per heavy atom. The summed E-state index contributed by atoms with van der Waals surface area (Å²) in [6.45, 7) is 9.06. The average molecular weight is 899 g/mol. The maximum absolute atomic E-state index is 13.3. The summed E-state index contributed by atoms with van der Waals surface area (Å²) in [5.41, 5.74) is 10.6. The third-order valence-corrected chi connectivity index (χ3v) is 13.3. The molecule has 2 heterocycles. The normalized spacial score (nSPS) is 15.7. The minimum atomic E-state index is -2.43. The summed E-state index contributed by atoms with van der Waals surface area (Å²) in [6.07, 6.45) is 0.352. The van der Waals surface area contributed by atoms with Crippen molar-refractivity contribution in [2.75, 3.05) is 13.1 Å². The van der Waals surface area contributed by atoms with Crippen LogP contribution in [0, 0.1) is 0 Å². The highest BCUT2D eigenvalue weighted by atomic mass is 16.6. The summed E-state index contributed by atoms with van der Waals surface area (Å²) in [7, 11) is 0. The molecule has 4 aromatic carbocycles. The zero-order valence-electron chi connectivity index (χ0n) is 37.7. The standard InChI is InChI=1S/C52H58N4O10/c1-5-27-17-31-21-35(22-32(31)18-28(27)6-2)53-25-41(57)37-9-13-43(47-39(37)11-15-45(59)55-47)65-51(63)49(61)50(62)52(64)66-44-14-10-38(40-12-16-46(60)56-48(40)44)42(58)26-54-36-23-33-19-29(7-3)30(8-4)20-34(33)24-36/h9-20,35-36,41-42,49-50,53-54,57-58,61-62H,5-8,21-26H2,1-4H3,(H,55,59)(H,56,60)/t41-,42-,49+,50+/m0/s1. The smallest absolute Gasteiger partial charge is 0.343 e. The summed E-state index contributed by atoms with van der Waals surface area (Å²) in [4.78, 5) is 56.7. The fraction of sp³-hybridized carbons (Fsp3) is 0.385. The van der Waals surface area contributed by atoms with Gasteiger partial charge in [-0.15, -0.1) is 0 Å². The van der Waals surface area contributed by atoms with E-state index in [4.69, 9.17) is 9.47 Å². The number of nitrogens with one attached hydrogen (secondary N) is 4. The van der Waals surface area contributed by atoms with Crippen molar-refractivity contribution in [3.05, 3.63) is 149 Å². The van der Waals surface area contributed by atoms with Gasteiger partial charge in [0.05, 0.1) is 23.2 Å². The van der Waals surface area contributed by atoms with Gasteiger partial charge in [-0.1, -0.05) is 64.1 Å². The lowest BCUT2D eigenvalue weighted by Crippen LogP contribution is -2.43. The minimum absolute atomic E-state index is 0.0569. The fourth-order valence-electron chi connectivity index (χ4n) is 9.77. The topological polar surface area (TPSA) is 223 Å². The van der Waals surface area contributed by atoms with Gasteiger partial charge in [0.15, 0.2) is 23.7 Å². The van der Waals surface area contributed by atoms with Gasteiger partial charge in [0.1, 0.15) is 0 Å². The Morgan fingerprint density at radius 1 is 0.545 bits per heavy atom. The second-order valence-corrected chi connectivity index (χ2v) is 17.5. The van der Waals surface area contributed by atoms with Gasteiger partial charge in [0.25, 0.3) is 0 Å². The molecule has 0 aliphatic heterocycles. The van der Waals surface area contributed by atoms with Crippen molar-refractivity contribution < 1.29 is 39.5 Å². The molecule has 0 spiro atoms. The number of aliphatic hydroxyl groups excluding tert-OH is 4. The van der Waals surface area contributed by atoms with E-state index in [2.05, 4.69) is 72.6 Å². The number of aliphatic hydroxyl groups is 4. The fourth-order valence-corrected chi connectivity index (χ4v) is 9.77. The van der Waals surface area contributed by atoms with Crippen molar-refractivity contribution in [2.45, 2.75) is 116 Å². The zero-order chi connectivity index (χ0) is 46.8. The Morgan fingerprint density at radius 3 is 1.20 bits per heavy atom. The van der Waals surface area contributed by atoms with Crippen molar-refractivity contribution in [2.24, 2.45) is 0 Å². The molecule has 14 nitrogen and oxygen atoms in total. The Kier molecular flexibility index (Phi) is 14.0. The molecule has 346 valence electrons. The summed E-state index contributed by atoms with van der Waals surface area (Å²) in [6, 6.07) is 20.7. The lowest BCUT2D eigenvalue weighted by Gasteiger charge is -2.20. The number of carbonyl (C=O) groups is 2. The maximum atomic E-state index is 13.3. The number of aryl methyl sites for hydroxylation is 4. The van der Waals surface area contributed by atoms with Gasteiger partial charge in [-0.2, -0.15) is 0 Å². The molecule has 0 saturated carbocycles. The molecule has 0 radical (unpaired) electrons. The Bertz CT molecular complexity index is 2660. The van der Waals surface area contributed by atoms with Crippen LogP contribution in [-0.2, 0) is 61.0 Å². The molecule has 2 aliphatic carbocycles. The predicted octanol–water partition coefficient (Wildman–Crippen LogP) is 4.43. The Balaban J connectivity index is 0.907. The molecule has 4 atom stereocenters. The van der Waals surface area contributed by atoms with Crippen LogP contribution in [-0.4, -0.2) is 79.7 Å². The number of rotatable bonds is 17. The molecular weight excluding hydrogens is 841 g/mol. The summed E-state index contributed by atoms with van der Waals surface area (Å²) in [5.74, 6) is -3.24. The van der Waals surface area contributed by atoms with E-state index in [1.807, 2.05) is 0 Å². The van der Waals surface area contributed by atoms with Crippen LogP contribution < -0.4 is 31.2 Å². The number of aromatic amines is 2. The molecule has 0 fully saturated rings. The first-order valence-electron chi connectivity index (χ1n) is 23.0. The predicted molar refractivity (Wildman–Crippen MR) is 251 cm³/mol. The van der Waals surface area contributed by atoms with Gasteiger partial charge in [-0.05, 0) is 131 Å². The number of carbonyl (C=O) groups excluding carboxylic acids is 2. The van der Waals surface area contributed by atoms with E-state index < -0.39 is 47.5 Å². The Hall–Kier alpha value is -6.00. The highest BCUT2D eigenvalue weighted by Crippen LogP contribution is 2.34. The molecule has 66 heavy (non-hydrogen) atoms. The van der Waals surface area contributed by atoms with Crippen molar-refractivity contribution in [3.8, 4) is 11.5 Å². The molecule has 14 heteroatoms. The van der Waals surface area contributed by atoms with Gasteiger partial charge in [0, 0.05) is 48.1 Å². The molecule has 2 aliphatic rings. The Labute approximate surface area is 382 Å². The molecule has 0 bridgehead atoms. The van der Waals surface area contributed by atoms with Crippen LogP contribution in [0.4, 0.5) is 0 Å². The number of H-pyrrole nitrogens is 2. The molecule has 2 aromatic heterocycles. The van der Waals surface area contributed by atoms with Gasteiger partial charge in [-0.3, -0.25) is 9.59 Å². The van der Waals surface area contributed by atoms with Gasteiger partial charge in [-0.25, -0.2) is 9.59 Å². The number of hydrogen-bond acceptors (Lipinski definition) is 12. The van der Waals surface area contributed by atoms with Gasteiger partial charge < -0.3 is 50.5 Å². The van der Waals surface area contributed by atoms with E-state index in [-0.39, 0.29) is 47.7 Å². The molecule has 0 unspecified atom stereocenters. The third kappa shape index (κ3) is 9.61. The highest BCUT2D eigenvalue weighted by Gasteiger charge is 2.35. The van der Waals surface area contributed by atoms with Gasteiger partial charge >= 0.3 is 11.9 Å². The van der Waals surface area contributed by atoms with E-state index in [0.29, 0.717) is 21.9 Å². The quantitative estimate of drug-likeness (QED) is 0.0471. The first-order chi connectivity index (χ1) is 31.8. The average Bonchev–Trinajstić information content (AvgIpc) is 3.93. The molecule has 0 amide bonds. The molecular formula is C52H58N4O10. The number of pyridine rings is 2. The number of aromatic nitrogens is 2. The lowest BCUT2D eigenvalue weighted by atomic mass is 9.97. The van der Waals surface area contributed by atoms with Crippen LogP contribution in [0.15, 0.2) is 82.4 Å². The summed E-state index contributed by atoms with van der Waals surface area (Å²) >= 11 is 0. The summed E-state index contributed by atoms with van der Waals surface area (Å²) < 4.78 is 10.9. The van der Waals surface area contributed by atoms with E-state index >= 15 is 0 Å². The van der Waals surface area contributed by atoms with Crippen molar-refractivity contribution in [1.29, 1.82) is 0 Å². The number of benzene rings is 4. The minimum Gasteiger partial charge on any atom is -0.422 e. The molecule has 6 aromatic rings. The monoisotopic (exact) mass is 898 g/mol. The molecule has 8 N–H and O–H groups in total. The van der Waals surface area contributed by atoms with Crippen molar-refractivity contribution in [3.63, 3.8) is 0 Å². The SMILES string of the molecule is CCc1cc2c(cc1CC)CC(NC[C@H](O)c1ccc(OC(=O)[C@H](O)[C@@H](O)C(=O)Oc3ccc([C@@H](O)CNC4Cc5cc(CC)c(CC)cc5C4)c4ccc(=O)[nH]c34)c3[nH]c(=O)ccc13)C2. The first-order valence-corrected chi connectivity index (χ1v) is 23.0. The second-order valence-electron chi connectivity index (χ2n) is 17.5. The van der Waals surface area contributed by atoms with E-state index in [1.54, 1.807) is 0 Å². The number of hydrogen-bond donors (Lipinski definition) is 8. The van der Waals surface area contributed by atoms with Crippen LogP contribution in [0.25, 0.3) is 21.8 Å². The maximum Gasteiger partial charge on any atom is 0.343 e. The zero-order valence-corrected chi connectivity index (χ0v) is 37.7. The highest BCUT2D eigenvalue weighted by molar-refractivity contribution is 5.94. The van der Waals surface area contributed by atoms with E-state index in [1.165, 1.54) is 93.0 Å². The lowest BCUT2D eigenvalue weighted by molar-refractivity contribution is -0.162. The van der Waals surface area contributed by atoms with Crippen LogP contribution in [0.5, 0.6) is 11.5 Å². The van der Waals surface area contributed by atoms with E-state index in [0.717, 1.165) is 51.4 Å². The largest absolute Gasteiger partial charge is 0.422 e. The number of fused-ring (bicyclic) bond motifs is 4. The van der Waals surface area contributed by atoms with Crippen LogP contribution in [0.1, 0.15) is 95.5 Å². The molecule has 8 rings (SSSR count). The van der Waals surface area contributed by atoms with Crippen molar-refractivity contribution in [1.82, 2.24) is 20.6 Å². The van der Waals surface area contributed by atoms with Gasteiger partial charge in [0.2, 0.25) is 11.1 Å². The second kappa shape index (κ2) is 19.8.